The smallest absolute Gasteiger partial charge is 0.249 e. The maximum Gasteiger partial charge on any atom is 0.249 e. The third kappa shape index (κ3) is 5.88. The standard InChI is InChI=1S/C23H32N4O2S/c1-15-8-10-17(11-9-15)21-25-26-22(30-21)24-20(29)18-7-6-12-27(18)19(28)13-16(2)14-23(3,4)5/h8-11,16,18H,6-7,12-14H2,1-5H3,(H,24,26,29)/t16-,18+/m1/s1. The number of carbonyl (C=O) groups excluding carboxylic acids is 2. The fourth-order valence-corrected chi connectivity index (χ4v) is 4.90. The van der Waals surface area contributed by atoms with Gasteiger partial charge in [-0.1, -0.05) is 68.9 Å². The Morgan fingerprint density at radius 1 is 1.23 bits per heavy atom. The second-order valence-electron chi connectivity index (χ2n) is 9.59. The summed E-state index contributed by atoms with van der Waals surface area (Å²) in [6.45, 7) is 11.4. The summed E-state index contributed by atoms with van der Waals surface area (Å²) in [4.78, 5) is 27.5. The van der Waals surface area contributed by atoms with Gasteiger partial charge in [0, 0.05) is 18.5 Å². The van der Waals surface area contributed by atoms with E-state index in [0.717, 1.165) is 23.4 Å². The quantitative estimate of drug-likeness (QED) is 0.710. The van der Waals surface area contributed by atoms with E-state index in [-0.39, 0.29) is 17.2 Å². The van der Waals surface area contributed by atoms with Crippen LogP contribution in [0.3, 0.4) is 0 Å². The molecule has 2 atom stereocenters. The summed E-state index contributed by atoms with van der Waals surface area (Å²) in [6.07, 6.45) is 3.00. The van der Waals surface area contributed by atoms with Crippen LogP contribution in [0.2, 0.25) is 0 Å². The van der Waals surface area contributed by atoms with E-state index in [9.17, 15) is 9.59 Å². The van der Waals surface area contributed by atoms with Crippen molar-refractivity contribution >= 4 is 28.3 Å². The van der Waals surface area contributed by atoms with Crippen LogP contribution in [-0.4, -0.2) is 39.5 Å². The van der Waals surface area contributed by atoms with E-state index in [1.54, 1.807) is 4.90 Å². The van der Waals surface area contributed by atoms with Gasteiger partial charge >= 0.3 is 0 Å². The largest absolute Gasteiger partial charge is 0.331 e. The number of aryl methyl sites for hydroxylation is 1. The van der Waals surface area contributed by atoms with E-state index in [4.69, 9.17) is 0 Å². The van der Waals surface area contributed by atoms with Crippen LogP contribution in [0.25, 0.3) is 10.6 Å². The highest BCUT2D eigenvalue weighted by Gasteiger charge is 2.35. The number of benzene rings is 1. The fourth-order valence-electron chi connectivity index (χ4n) is 4.15. The molecule has 2 aromatic rings. The Balaban J connectivity index is 1.60. The van der Waals surface area contributed by atoms with Gasteiger partial charge in [0.15, 0.2) is 0 Å². The zero-order valence-electron chi connectivity index (χ0n) is 18.6. The number of rotatable bonds is 6. The molecule has 1 aromatic heterocycles. The first-order valence-electron chi connectivity index (χ1n) is 10.6. The summed E-state index contributed by atoms with van der Waals surface area (Å²) in [5.74, 6) is 0.194. The van der Waals surface area contributed by atoms with Gasteiger partial charge in [-0.25, -0.2) is 0 Å². The van der Waals surface area contributed by atoms with E-state index in [2.05, 4.69) is 43.2 Å². The van der Waals surface area contributed by atoms with Crippen LogP contribution in [0.1, 0.15) is 58.9 Å². The number of aromatic nitrogens is 2. The molecule has 2 heterocycles. The third-order valence-corrected chi connectivity index (χ3v) is 6.20. The zero-order valence-corrected chi connectivity index (χ0v) is 19.4. The van der Waals surface area contributed by atoms with Crippen LogP contribution in [0, 0.1) is 18.3 Å². The van der Waals surface area contributed by atoms with Gasteiger partial charge in [0.2, 0.25) is 16.9 Å². The van der Waals surface area contributed by atoms with Crippen LogP contribution in [0.15, 0.2) is 24.3 Å². The lowest BCUT2D eigenvalue weighted by molar-refractivity contribution is -0.137. The molecule has 1 fully saturated rings. The van der Waals surface area contributed by atoms with Crippen molar-refractivity contribution in [2.24, 2.45) is 11.3 Å². The molecule has 0 spiro atoms. The number of amides is 2. The lowest BCUT2D eigenvalue weighted by atomic mass is 9.84. The van der Waals surface area contributed by atoms with Crippen LogP contribution < -0.4 is 5.32 Å². The molecule has 30 heavy (non-hydrogen) atoms. The van der Waals surface area contributed by atoms with Gasteiger partial charge in [0.1, 0.15) is 11.0 Å². The first-order valence-corrected chi connectivity index (χ1v) is 11.4. The molecule has 0 unspecified atom stereocenters. The summed E-state index contributed by atoms with van der Waals surface area (Å²) in [5.41, 5.74) is 2.35. The lowest BCUT2D eigenvalue weighted by Gasteiger charge is -2.27. The van der Waals surface area contributed by atoms with Crippen molar-refractivity contribution in [1.82, 2.24) is 15.1 Å². The maximum atomic E-state index is 12.9. The number of nitrogens with one attached hydrogen (secondary N) is 1. The van der Waals surface area contributed by atoms with E-state index in [1.165, 1.54) is 16.9 Å². The molecule has 1 aromatic carbocycles. The van der Waals surface area contributed by atoms with Gasteiger partial charge in [0.05, 0.1) is 0 Å². The van der Waals surface area contributed by atoms with Crippen molar-refractivity contribution in [3.8, 4) is 10.6 Å². The number of nitrogens with zero attached hydrogens (tertiary/aromatic N) is 3. The van der Waals surface area contributed by atoms with Gasteiger partial charge in [-0.2, -0.15) is 0 Å². The topological polar surface area (TPSA) is 75.2 Å². The molecular weight excluding hydrogens is 396 g/mol. The summed E-state index contributed by atoms with van der Waals surface area (Å²) in [6, 6.07) is 7.62. The third-order valence-electron chi connectivity index (χ3n) is 5.31. The maximum absolute atomic E-state index is 12.9. The Morgan fingerprint density at radius 3 is 2.60 bits per heavy atom. The predicted molar refractivity (Wildman–Crippen MR) is 121 cm³/mol. The molecule has 7 heteroatoms. The number of carbonyl (C=O) groups is 2. The summed E-state index contributed by atoms with van der Waals surface area (Å²) < 4.78 is 0. The van der Waals surface area contributed by atoms with E-state index >= 15 is 0 Å². The minimum Gasteiger partial charge on any atom is -0.331 e. The van der Waals surface area contributed by atoms with Crippen LogP contribution in [0.4, 0.5) is 5.13 Å². The molecule has 0 radical (unpaired) electrons. The highest BCUT2D eigenvalue weighted by Crippen LogP contribution is 2.29. The number of hydrogen-bond donors (Lipinski definition) is 1. The molecule has 1 N–H and O–H groups in total. The van der Waals surface area contributed by atoms with Crippen molar-refractivity contribution < 1.29 is 9.59 Å². The van der Waals surface area contributed by atoms with Crippen LogP contribution in [0.5, 0.6) is 0 Å². The van der Waals surface area contributed by atoms with Crippen molar-refractivity contribution in [3.63, 3.8) is 0 Å². The molecule has 1 aliphatic heterocycles. The van der Waals surface area contributed by atoms with Crippen molar-refractivity contribution in [3.05, 3.63) is 29.8 Å². The molecular formula is C23H32N4O2S. The minimum absolute atomic E-state index is 0.0713. The van der Waals surface area contributed by atoms with Crippen LogP contribution in [-0.2, 0) is 9.59 Å². The highest BCUT2D eigenvalue weighted by atomic mass is 32.1. The number of anilines is 1. The SMILES string of the molecule is Cc1ccc(-c2nnc(NC(=O)[C@@H]3CCCN3C(=O)C[C@@H](C)CC(C)(C)C)s2)cc1. The van der Waals surface area contributed by atoms with E-state index in [1.807, 2.05) is 31.2 Å². The summed E-state index contributed by atoms with van der Waals surface area (Å²) >= 11 is 1.35. The Bertz CT molecular complexity index is 885. The molecule has 0 bridgehead atoms. The normalized spacial score (nSPS) is 17.8. The predicted octanol–water partition coefficient (Wildman–Crippen LogP) is 4.91. The fraction of sp³-hybridized carbons (Fsp3) is 0.565. The molecule has 1 saturated heterocycles. The summed E-state index contributed by atoms with van der Waals surface area (Å²) in [5, 5.41) is 12.4. The molecule has 162 valence electrons. The number of hydrogen-bond acceptors (Lipinski definition) is 5. The van der Waals surface area contributed by atoms with E-state index < -0.39 is 6.04 Å². The Kier molecular flexibility index (Phi) is 6.91. The highest BCUT2D eigenvalue weighted by molar-refractivity contribution is 7.18. The Morgan fingerprint density at radius 2 is 1.93 bits per heavy atom. The van der Waals surface area contributed by atoms with Gasteiger partial charge in [-0.3, -0.25) is 14.9 Å². The van der Waals surface area contributed by atoms with Gasteiger partial charge in [-0.05, 0) is 37.5 Å². The van der Waals surface area contributed by atoms with Crippen LogP contribution >= 0.6 is 11.3 Å². The average molecular weight is 429 g/mol. The Labute approximate surface area is 183 Å². The van der Waals surface area contributed by atoms with Crippen molar-refractivity contribution in [1.29, 1.82) is 0 Å². The molecule has 1 aliphatic rings. The van der Waals surface area contributed by atoms with Crippen molar-refractivity contribution in [2.75, 3.05) is 11.9 Å². The second-order valence-corrected chi connectivity index (χ2v) is 10.6. The van der Waals surface area contributed by atoms with Gasteiger partial charge in [-0.15, -0.1) is 10.2 Å². The minimum atomic E-state index is -0.425. The van der Waals surface area contributed by atoms with E-state index in [0.29, 0.717) is 30.4 Å². The lowest BCUT2D eigenvalue weighted by Crippen LogP contribution is -2.43. The van der Waals surface area contributed by atoms with Crippen molar-refractivity contribution in [2.45, 2.75) is 66.3 Å². The molecule has 2 amide bonds. The molecule has 0 aliphatic carbocycles. The van der Waals surface area contributed by atoms with Gasteiger partial charge in [0.25, 0.3) is 0 Å². The zero-order chi connectivity index (χ0) is 21.9. The number of likely N-dealkylation sites (tertiary alicyclic amines) is 1. The summed E-state index contributed by atoms with van der Waals surface area (Å²) in [7, 11) is 0. The first kappa shape index (κ1) is 22.4. The Hall–Kier alpha value is -2.28. The average Bonchev–Trinajstić information content (AvgIpc) is 3.30. The first-order chi connectivity index (χ1) is 14.1. The molecule has 6 nitrogen and oxygen atoms in total. The van der Waals surface area contributed by atoms with Gasteiger partial charge < -0.3 is 4.90 Å². The second kappa shape index (κ2) is 9.25. The molecule has 0 saturated carbocycles. The molecule has 3 rings (SSSR count). The monoisotopic (exact) mass is 428 g/mol.